The predicted molar refractivity (Wildman–Crippen MR) is 86.5 cm³/mol. The van der Waals surface area contributed by atoms with Gasteiger partial charge in [-0.15, -0.1) is 11.8 Å². The summed E-state index contributed by atoms with van der Waals surface area (Å²) in [4.78, 5) is 1.46. The molecule has 2 heterocycles. The smallest absolute Gasteiger partial charge is 0.0482 e. The second kappa shape index (κ2) is 4.71. The Morgan fingerprint density at radius 2 is 1.90 bits per heavy atom. The van der Waals surface area contributed by atoms with Crippen LogP contribution in [0.15, 0.2) is 59.5 Å². The maximum Gasteiger partial charge on any atom is 0.0482 e. The zero-order valence-corrected chi connectivity index (χ0v) is 12.4. The average molecular weight is 279 g/mol. The Labute approximate surface area is 123 Å². The molecule has 1 aromatic heterocycles. The van der Waals surface area contributed by atoms with E-state index in [2.05, 4.69) is 66.1 Å². The van der Waals surface area contributed by atoms with E-state index in [0.29, 0.717) is 5.25 Å². The number of benzene rings is 2. The van der Waals surface area contributed by atoms with Crippen LogP contribution in [0.4, 0.5) is 0 Å². The third-order valence-electron chi connectivity index (χ3n) is 4.12. The number of hydrogen-bond donors (Lipinski definition) is 0. The van der Waals surface area contributed by atoms with Crippen LogP contribution in [0.2, 0.25) is 0 Å². The second-order valence-electron chi connectivity index (χ2n) is 5.51. The number of rotatable bonds is 2. The molecule has 0 aliphatic carbocycles. The van der Waals surface area contributed by atoms with Gasteiger partial charge in [0.15, 0.2) is 0 Å². The third kappa shape index (κ3) is 1.95. The van der Waals surface area contributed by atoms with Gasteiger partial charge in [0, 0.05) is 27.9 Å². The summed E-state index contributed by atoms with van der Waals surface area (Å²) in [5.41, 5.74) is 4.24. The van der Waals surface area contributed by atoms with Crippen molar-refractivity contribution >= 4 is 22.7 Å². The molecular formula is C18H17NS. The highest BCUT2D eigenvalue weighted by Crippen LogP contribution is 2.38. The SMILES string of the molecule is Cc1cc2ccccc2n1CC1Cc2ccccc2S1. The van der Waals surface area contributed by atoms with Crippen LogP contribution in [0.25, 0.3) is 10.9 Å². The van der Waals surface area contributed by atoms with Crippen molar-refractivity contribution in [1.29, 1.82) is 0 Å². The zero-order chi connectivity index (χ0) is 13.5. The van der Waals surface area contributed by atoms with E-state index in [0.717, 1.165) is 6.54 Å². The van der Waals surface area contributed by atoms with E-state index in [-0.39, 0.29) is 0 Å². The van der Waals surface area contributed by atoms with Gasteiger partial charge in [-0.05, 0) is 42.5 Å². The third-order valence-corrected chi connectivity index (χ3v) is 5.42. The van der Waals surface area contributed by atoms with E-state index >= 15 is 0 Å². The summed E-state index contributed by atoms with van der Waals surface area (Å²) >= 11 is 2.03. The fourth-order valence-electron chi connectivity index (χ4n) is 3.15. The molecule has 2 aromatic carbocycles. The normalized spacial score (nSPS) is 17.6. The summed E-state index contributed by atoms with van der Waals surface area (Å²) in [5.74, 6) is 0. The Morgan fingerprint density at radius 3 is 2.80 bits per heavy atom. The molecule has 1 aliphatic heterocycles. The molecule has 1 aliphatic rings. The number of hydrogen-bond acceptors (Lipinski definition) is 1. The fraction of sp³-hybridized carbons (Fsp3) is 0.222. The first kappa shape index (κ1) is 12.1. The molecule has 0 N–H and O–H groups in total. The van der Waals surface area contributed by atoms with Crippen LogP contribution < -0.4 is 0 Å². The minimum Gasteiger partial charge on any atom is -0.344 e. The van der Waals surface area contributed by atoms with Crippen molar-refractivity contribution in [2.24, 2.45) is 0 Å². The first-order valence-electron chi connectivity index (χ1n) is 7.11. The maximum absolute atomic E-state index is 2.47. The highest BCUT2D eigenvalue weighted by Gasteiger charge is 2.22. The van der Waals surface area contributed by atoms with Crippen LogP contribution in [-0.4, -0.2) is 9.82 Å². The first-order valence-corrected chi connectivity index (χ1v) is 7.99. The molecule has 1 unspecified atom stereocenters. The molecule has 100 valence electrons. The van der Waals surface area contributed by atoms with Gasteiger partial charge in [0.05, 0.1) is 0 Å². The maximum atomic E-state index is 2.47. The molecule has 1 nitrogen and oxygen atoms in total. The van der Waals surface area contributed by atoms with Crippen LogP contribution in [0.3, 0.4) is 0 Å². The van der Waals surface area contributed by atoms with Crippen molar-refractivity contribution in [1.82, 2.24) is 4.57 Å². The molecule has 0 saturated heterocycles. The van der Waals surface area contributed by atoms with Crippen LogP contribution in [0.5, 0.6) is 0 Å². The van der Waals surface area contributed by atoms with Crippen molar-refractivity contribution in [3.8, 4) is 0 Å². The fourth-order valence-corrected chi connectivity index (χ4v) is 4.46. The molecule has 0 bridgehead atoms. The van der Waals surface area contributed by atoms with Gasteiger partial charge in [-0.3, -0.25) is 0 Å². The Balaban J connectivity index is 1.65. The number of nitrogens with zero attached hydrogens (tertiary/aromatic N) is 1. The largest absolute Gasteiger partial charge is 0.344 e. The molecule has 0 radical (unpaired) electrons. The molecule has 1 atom stereocenters. The van der Waals surface area contributed by atoms with E-state index in [1.807, 2.05) is 11.8 Å². The van der Waals surface area contributed by atoms with Crippen molar-refractivity contribution in [2.45, 2.75) is 30.0 Å². The van der Waals surface area contributed by atoms with Crippen LogP contribution in [0, 0.1) is 6.92 Å². The molecule has 0 fully saturated rings. The molecule has 2 heteroatoms. The molecule has 4 rings (SSSR count). The summed E-state index contributed by atoms with van der Waals surface area (Å²) in [5, 5.41) is 2.01. The number of aromatic nitrogens is 1. The van der Waals surface area contributed by atoms with Gasteiger partial charge in [0.25, 0.3) is 0 Å². The van der Waals surface area contributed by atoms with Crippen molar-refractivity contribution in [3.05, 3.63) is 65.9 Å². The summed E-state index contributed by atoms with van der Waals surface area (Å²) in [6.07, 6.45) is 1.19. The monoisotopic (exact) mass is 279 g/mol. The van der Waals surface area contributed by atoms with E-state index in [1.165, 1.54) is 33.5 Å². The van der Waals surface area contributed by atoms with Gasteiger partial charge in [-0.1, -0.05) is 36.4 Å². The van der Waals surface area contributed by atoms with E-state index < -0.39 is 0 Å². The van der Waals surface area contributed by atoms with Crippen LogP contribution >= 0.6 is 11.8 Å². The van der Waals surface area contributed by atoms with Crippen molar-refractivity contribution in [3.63, 3.8) is 0 Å². The lowest BCUT2D eigenvalue weighted by Crippen LogP contribution is -2.13. The van der Waals surface area contributed by atoms with Gasteiger partial charge in [-0.2, -0.15) is 0 Å². The van der Waals surface area contributed by atoms with E-state index in [4.69, 9.17) is 0 Å². The zero-order valence-electron chi connectivity index (χ0n) is 11.5. The van der Waals surface area contributed by atoms with Crippen LogP contribution in [-0.2, 0) is 13.0 Å². The first-order chi connectivity index (χ1) is 9.81. The van der Waals surface area contributed by atoms with Gasteiger partial charge in [0.1, 0.15) is 0 Å². The van der Waals surface area contributed by atoms with Crippen LogP contribution in [0.1, 0.15) is 11.3 Å². The summed E-state index contributed by atoms with van der Waals surface area (Å²) in [7, 11) is 0. The molecule has 3 aromatic rings. The minimum atomic E-state index is 0.655. The Hall–Kier alpha value is -1.67. The van der Waals surface area contributed by atoms with Crippen molar-refractivity contribution in [2.75, 3.05) is 0 Å². The van der Waals surface area contributed by atoms with E-state index in [1.54, 1.807) is 0 Å². The standard InChI is InChI=1S/C18H17NS/c1-13-10-14-6-2-4-8-17(14)19(13)12-16-11-15-7-3-5-9-18(15)20-16/h2-10,16H,11-12H2,1H3. The lowest BCUT2D eigenvalue weighted by Gasteiger charge is -2.13. The number of thioether (sulfide) groups is 1. The minimum absolute atomic E-state index is 0.655. The quantitative estimate of drug-likeness (QED) is 0.660. The molecule has 0 spiro atoms. The lowest BCUT2D eigenvalue weighted by atomic mass is 10.1. The number of para-hydroxylation sites is 1. The highest BCUT2D eigenvalue weighted by atomic mass is 32.2. The molecule has 0 amide bonds. The Bertz CT molecular complexity index is 747. The summed E-state index contributed by atoms with van der Waals surface area (Å²) in [6.45, 7) is 3.31. The van der Waals surface area contributed by atoms with Gasteiger partial charge in [-0.25, -0.2) is 0 Å². The number of aryl methyl sites for hydroxylation is 1. The average Bonchev–Trinajstić information content (AvgIpc) is 3.00. The molecular weight excluding hydrogens is 262 g/mol. The highest BCUT2D eigenvalue weighted by molar-refractivity contribution is 8.00. The molecule has 20 heavy (non-hydrogen) atoms. The van der Waals surface area contributed by atoms with E-state index in [9.17, 15) is 0 Å². The molecule has 0 saturated carbocycles. The predicted octanol–water partition coefficient (Wildman–Crippen LogP) is 4.67. The summed E-state index contributed by atoms with van der Waals surface area (Å²) in [6, 6.07) is 19.8. The van der Waals surface area contributed by atoms with Crippen molar-refractivity contribution < 1.29 is 0 Å². The van der Waals surface area contributed by atoms with Gasteiger partial charge in [0.2, 0.25) is 0 Å². The Kier molecular flexibility index (Phi) is 2.85. The Morgan fingerprint density at radius 1 is 1.10 bits per heavy atom. The topological polar surface area (TPSA) is 4.93 Å². The number of fused-ring (bicyclic) bond motifs is 2. The van der Waals surface area contributed by atoms with Gasteiger partial charge >= 0.3 is 0 Å². The lowest BCUT2D eigenvalue weighted by molar-refractivity contribution is 0.670. The summed E-state index contributed by atoms with van der Waals surface area (Å²) < 4.78 is 2.47. The van der Waals surface area contributed by atoms with Gasteiger partial charge < -0.3 is 4.57 Å². The second-order valence-corrected chi connectivity index (χ2v) is 6.85.